The second kappa shape index (κ2) is 8.23. The molecule has 0 spiro atoms. The standard InChI is InChI=1S/C19H28N2O4/c1-5-21(25-15-11-7-6-8-12-15)17(22)16-13-9-10-14-20(16)18(23)24-19(2,3)4/h6-8,11-12,16H,5,9-10,13-14H2,1-4H3. The minimum Gasteiger partial charge on any atom is -0.444 e. The number of hydroxylamine groups is 2. The monoisotopic (exact) mass is 348 g/mol. The van der Waals surface area contributed by atoms with Gasteiger partial charge in [-0.25, -0.2) is 4.79 Å². The van der Waals surface area contributed by atoms with Gasteiger partial charge in [-0.3, -0.25) is 9.69 Å². The van der Waals surface area contributed by atoms with E-state index in [4.69, 9.17) is 9.57 Å². The van der Waals surface area contributed by atoms with Crippen LogP contribution in [0.5, 0.6) is 5.75 Å². The van der Waals surface area contributed by atoms with Crippen molar-refractivity contribution in [3.8, 4) is 5.75 Å². The van der Waals surface area contributed by atoms with E-state index in [0.29, 0.717) is 25.3 Å². The fraction of sp³-hybridized carbons (Fsp3) is 0.579. The maximum atomic E-state index is 13.0. The zero-order valence-electron chi connectivity index (χ0n) is 15.5. The Morgan fingerprint density at radius 2 is 1.88 bits per heavy atom. The smallest absolute Gasteiger partial charge is 0.410 e. The summed E-state index contributed by atoms with van der Waals surface area (Å²) < 4.78 is 5.46. The van der Waals surface area contributed by atoms with E-state index < -0.39 is 17.7 Å². The van der Waals surface area contributed by atoms with Gasteiger partial charge in [-0.05, 0) is 59.1 Å². The molecule has 0 saturated carbocycles. The first kappa shape index (κ1) is 19.1. The Labute approximate surface area is 149 Å². The molecular formula is C19H28N2O4. The Balaban J connectivity index is 2.11. The summed E-state index contributed by atoms with van der Waals surface area (Å²) in [6, 6.07) is 8.62. The number of likely N-dealkylation sites (N-methyl/N-ethyl adjacent to an activating group) is 1. The Morgan fingerprint density at radius 3 is 2.48 bits per heavy atom. The quantitative estimate of drug-likeness (QED) is 0.780. The van der Waals surface area contributed by atoms with Gasteiger partial charge in [0.1, 0.15) is 11.6 Å². The lowest BCUT2D eigenvalue weighted by molar-refractivity contribution is -0.163. The van der Waals surface area contributed by atoms with Crippen molar-refractivity contribution in [2.24, 2.45) is 0 Å². The number of ether oxygens (including phenoxy) is 1. The number of para-hydroxylation sites is 1. The van der Waals surface area contributed by atoms with Gasteiger partial charge >= 0.3 is 6.09 Å². The Kier molecular flexibility index (Phi) is 6.28. The van der Waals surface area contributed by atoms with Crippen LogP contribution in [-0.4, -0.2) is 46.7 Å². The number of carbonyl (C=O) groups is 2. The van der Waals surface area contributed by atoms with E-state index in [0.717, 1.165) is 12.8 Å². The van der Waals surface area contributed by atoms with Gasteiger partial charge in [-0.2, -0.15) is 5.06 Å². The van der Waals surface area contributed by atoms with Crippen LogP contribution < -0.4 is 4.84 Å². The fourth-order valence-electron chi connectivity index (χ4n) is 2.77. The minimum atomic E-state index is -0.590. The highest BCUT2D eigenvalue weighted by Crippen LogP contribution is 2.23. The summed E-state index contributed by atoms with van der Waals surface area (Å²) in [5.41, 5.74) is -0.590. The zero-order valence-corrected chi connectivity index (χ0v) is 15.5. The Hall–Kier alpha value is -2.24. The van der Waals surface area contributed by atoms with E-state index in [2.05, 4.69) is 0 Å². The first-order valence-corrected chi connectivity index (χ1v) is 8.86. The van der Waals surface area contributed by atoms with Gasteiger partial charge in [-0.1, -0.05) is 18.2 Å². The maximum absolute atomic E-state index is 13.0. The highest BCUT2D eigenvalue weighted by atomic mass is 16.7. The average Bonchev–Trinajstić information content (AvgIpc) is 2.58. The molecule has 1 aromatic rings. The van der Waals surface area contributed by atoms with Crippen molar-refractivity contribution in [2.75, 3.05) is 13.1 Å². The van der Waals surface area contributed by atoms with Gasteiger partial charge in [0.2, 0.25) is 0 Å². The summed E-state index contributed by atoms with van der Waals surface area (Å²) in [7, 11) is 0. The van der Waals surface area contributed by atoms with E-state index in [-0.39, 0.29) is 5.91 Å². The molecule has 0 radical (unpaired) electrons. The molecule has 2 amide bonds. The molecule has 1 fully saturated rings. The Bertz CT molecular complexity index is 583. The number of rotatable bonds is 4. The van der Waals surface area contributed by atoms with Crippen LogP contribution >= 0.6 is 0 Å². The van der Waals surface area contributed by atoms with Gasteiger partial charge in [0.05, 0.1) is 6.54 Å². The summed E-state index contributed by atoms with van der Waals surface area (Å²) in [6.07, 6.45) is 1.95. The van der Waals surface area contributed by atoms with Crippen molar-refractivity contribution < 1.29 is 19.2 Å². The fourth-order valence-corrected chi connectivity index (χ4v) is 2.77. The van der Waals surface area contributed by atoms with E-state index in [1.165, 1.54) is 9.96 Å². The molecule has 1 aliphatic rings. The van der Waals surface area contributed by atoms with Gasteiger partial charge in [0, 0.05) is 6.54 Å². The molecule has 1 atom stereocenters. The van der Waals surface area contributed by atoms with Crippen LogP contribution in [0.2, 0.25) is 0 Å². The molecule has 25 heavy (non-hydrogen) atoms. The number of amides is 2. The second-order valence-electron chi connectivity index (χ2n) is 7.12. The van der Waals surface area contributed by atoms with Crippen LogP contribution in [0.4, 0.5) is 4.79 Å². The van der Waals surface area contributed by atoms with Crippen LogP contribution in [0.1, 0.15) is 47.0 Å². The molecule has 6 nitrogen and oxygen atoms in total. The van der Waals surface area contributed by atoms with Crippen LogP contribution in [0, 0.1) is 0 Å². The van der Waals surface area contributed by atoms with Crippen LogP contribution in [0.15, 0.2) is 30.3 Å². The minimum absolute atomic E-state index is 0.211. The third-order valence-corrected chi connectivity index (χ3v) is 3.91. The number of likely N-dealkylation sites (tertiary alicyclic amines) is 1. The largest absolute Gasteiger partial charge is 0.444 e. The van der Waals surface area contributed by atoms with Crippen LogP contribution in [0.25, 0.3) is 0 Å². The van der Waals surface area contributed by atoms with E-state index in [9.17, 15) is 9.59 Å². The topological polar surface area (TPSA) is 59.1 Å². The lowest BCUT2D eigenvalue weighted by Gasteiger charge is -2.37. The van der Waals surface area contributed by atoms with E-state index >= 15 is 0 Å². The number of benzene rings is 1. The summed E-state index contributed by atoms with van der Waals surface area (Å²) >= 11 is 0. The molecular weight excluding hydrogens is 320 g/mol. The highest BCUT2D eigenvalue weighted by Gasteiger charge is 2.37. The predicted octanol–water partition coefficient (Wildman–Crippen LogP) is 3.62. The third-order valence-electron chi connectivity index (χ3n) is 3.91. The van der Waals surface area contributed by atoms with E-state index in [1.807, 2.05) is 45.9 Å². The molecule has 6 heteroatoms. The zero-order chi connectivity index (χ0) is 18.4. The number of hydrogen-bond donors (Lipinski definition) is 0. The average molecular weight is 348 g/mol. The first-order chi connectivity index (χ1) is 11.8. The second-order valence-corrected chi connectivity index (χ2v) is 7.12. The normalized spacial score (nSPS) is 17.8. The summed E-state index contributed by atoms with van der Waals surface area (Å²) in [5.74, 6) is 0.384. The molecule has 1 aromatic carbocycles. The van der Waals surface area contributed by atoms with Gasteiger partial charge in [0.25, 0.3) is 5.91 Å². The van der Waals surface area contributed by atoms with Crippen molar-refractivity contribution >= 4 is 12.0 Å². The Morgan fingerprint density at radius 1 is 1.20 bits per heavy atom. The van der Waals surface area contributed by atoms with Gasteiger partial charge < -0.3 is 9.57 Å². The molecule has 1 saturated heterocycles. The molecule has 0 bridgehead atoms. The third kappa shape index (κ3) is 5.37. The van der Waals surface area contributed by atoms with Crippen molar-refractivity contribution in [3.63, 3.8) is 0 Å². The molecule has 0 aromatic heterocycles. The van der Waals surface area contributed by atoms with Crippen molar-refractivity contribution in [3.05, 3.63) is 30.3 Å². The lowest BCUT2D eigenvalue weighted by Crippen LogP contribution is -2.54. The first-order valence-electron chi connectivity index (χ1n) is 8.86. The molecule has 138 valence electrons. The van der Waals surface area contributed by atoms with E-state index in [1.54, 1.807) is 12.1 Å². The van der Waals surface area contributed by atoms with Crippen molar-refractivity contribution in [2.45, 2.75) is 58.6 Å². The number of nitrogens with zero attached hydrogens (tertiary/aromatic N) is 2. The molecule has 1 unspecified atom stereocenters. The summed E-state index contributed by atoms with van der Waals surface area (Å²) in [4.78, 5) is 32.7. The number of hydrogen-bond acceptors (Lipinski definition) is 4. The summed E-state index contributed by atoms with van der Waals surface area (Å²) in [6.45, 7) is 8.23. The lowest BCUT2D eigenvalue weighted by atomic mass is 10.0. The number of carbonyl (C=O) groups excluding carboxylic acids is 2. The highest BCUT2D eigenvalue weighted by molar-refractivity contribution is 5.85. The maximum Gasteiger partial charge on any atom is 0.410 e. The molecule has 0 aliphatic carbocycles. The van der Waals surface area contributed by atoms with Crippen LogP contribution in [0.3, 0.4) is 0 Å². The van der Waals surface area contributed by atoms with Gasteiger partial charge in [-0.15, -0.1) is 0 Å². The molecule has 1 aliphatic heterocycles. The number of piperidine rings is 1. The SMILES string of the molecule is CCN(Oc1ccccc1)C(=O)C1CCCCN1C(=O)OC(C)(C)C. The molecule has 2 rings (SSSR count). The van der Waals surface area contributed by atoms with Gasteiger partial charge in [0.15, 0.2) is 5.75 Å². The summed E-state index contributed by atoms with van der Waals surface area (Å²) in [5, 5.41) is 1.32. The van der Waals surface area contributed by atoms with Crippen LogP contribution in [-0.2, 0) is 9.53 Å². The molecule has 1 heterocycles. The molecule has 0 N–H and O–H groups in total. The van der Waals surface area contributed by atoms with Crippen molar-refractivity contribution in [1.29, 1.82) is 0 Å². The predicted molar refractivity (Wildman–Crippen MR) is 95.0 cm³/mol. The van der Waals surface area contributed by atoms with Crippen molar-refractivity contribution in [1.82, 2.24) is 9.96 Å².